The summed E-state index contributed by atoms with van der Waals surface area (Å²) >= 11 is 0. The number of rotatable bonds is 5. The van der Waals surface area contributed by atoms with Crippen LogP contribution < -0.4 is 10.6 Å². The first-order valence-electron chi connectivity index (χ1n) is 10.0. The molecular formula is C20H19F6N5O2. The van der Waals surface area contributed by atoms with Crippen molar-refractivity contribution in [3.8, 4) is 0 Å². The second kappa shape index (κ2) is 8.27. The first-order chi connectivity index (χ1) is 15.4. The predicted octanol–water partition coefficient (Wildman–Crippen LogP) is 4.75. The van der Waals surface area contributed by atoms with Crippen molar-refractivity contribution in [3.63, 3.8) is 0 Å². The average Bonchev–Trinajstić information content (AvgIpc) is 3.50. The number of pyridine rings is 2. The number of aromatic nitrogens is 2. The number of nitrogens with one attached hydrogen (secondary N) is 2. The SMILES string of the molecule is O=C(O)N1C[C@@H]2C[C@@H]2C[C@H]1C(Nc1ccc(C(F)(F)F)cn1)Nc1ccc(C(F)(F)F)cn1. The molecule has 33 heavy (non-hydrogen) atoms. The molecule has 0 bridgehead atoms. The third-order valence-corrected chi connectivity index (χ3v) is 5.86. The summed E-state index contributed by atoms with van der Waals surface area (Å²) in [6.45, 7) is 0.297. The molecule has 0 aromatic carbocycles. The summed E-state index contributed by atoms with van der Waals surface area (Å²) in [5, 5.41) is 15.4. The van der Waals surface area contributed by atoms with E-state index in [0.29, 0.717) is 31.3 Å². The topological polar surface area (TPSA) is 90.4 Å². The summed E-state index contributed by atoms with van der Waals surface area (Å²) in [4.78, 5) is 20.6. The summed E-state index contributed by atoms with van der Waals surface area (Å²) in [5.74, 6) is 0.635. The summed E-state index contributed by atoms with van der Waals surface area (Å²) in [5.41, 5.74) is -1.90. The fourth-order valence-electron chi connectivity index (χ4n) is 4.02. The van der Waals surface area contributed by atoms with Gasteiger partial charge in [0.1, 0.15) is 17.8 Å². The number of hydrogen-bond donors (Lipinski definition) is 3. The Bertz CT molecular complexity index is 936. The summed E-state index contributed by atoms with van der Waals surface area (Å²) in [6.07, 6.45) is -8.59. The largest absolute Gasteiger partial charge is 0.465 e. The quantitative estimate of drug-likeness (QED) is 0.427. The molecule has 1 aliphatic carbocycles. The van der Waals surface area contributed by atoms with Crippen LogP contribution in [-0.2, 0) is 12.4 Å². The van der Waals surface area contributed by atoms with E-state index in [1.54, 1.807) is 0 Å². The van der Waals surface area contributed by atoms with Gasteiger partial charge in [0.05, 0.1) is 17.2 Å². The van der Waals surface area contributed by atoms with E-state index in [4.69, 9.17) is 0 Å². The van der Waals surface area contributed by atoms with Crippen molar-refractivity contribution in [3.05, 3.63) is 47.8 Å². The lowest BCUT2D eigenvalue weighted by atomic mass is 9.99. The molecule has 0 spiro atoms. The van der Waals surface area contributed by atoms with E-state index in [2.05, 4.69) is 20.6 Å². The average molecular weight is 475 g/mol. The van der Waals surface area contributed by atoms with Crippen molar-refractivity contribution in [2.45, 2.75) is 37.4 Å². The van der Waals surface area contributed by atoms with Crippen LogP contribution in [0.1, 0.15) is 24.0 Å². The monoisotopic (exact) mass is 475 g/mol. The lowest BCUT2D eigenvalue weighted by molar-refractivity contribution is -0.138. The van der Waals surface area contributed by atoms with Crippen molar-refractivity contribution >= 4 is 17.7 Å². The molecule has 178 valence electrons. The van der Waals surface area contributed by atoms with E-state index in [1.165, 1.54) is 4.90 Å². The predicted molar refractivity (Wildman–Crippen MR) is 104 cm³/mol. The molecule has 3 heterocycles. The lowest BCUT2D eigenvalue weighted by Crippen LogP contribution is -2.55. The molecule has 1 saturated carbocycles. The second-order valence-electron chi connectivity index (χ2n) is 8.12. The van der Waals surface area contributed by atoms with E-state index in [1.807, 2.05) is 0 Å². The van der Waals surface area contributed by atoms with Gasteiger partial charge in [-0.15, -0.1) is 0 Å². The van der Waals surface area contributed by atoms with Gasteiger partial charge in [-0.2, -0.15) is 26.3 Å². The zero-order valence-electron chi connectivity index (χ0n) is 16.9. The molecule has 13 heteroatoms. The number of alkyl halides is 6. The number of anilines is 2. The summed E-state index contributed by atoms with van der Waals surface area (Å²) in [7, 11) is 0. The third kappa shape index (κ3) is 5.22. The Morgan fingerprint density at radius 3 is 1.82 bits per heavy atom. The van der Waals surface area contributed by atoms with Crippen LogP contribution in [0.5, 0.6) is 0 Å². The number of amides is 1. The van der Waals surface area contributed by atoms with Gasteiger partial charge in [-0.1, -0.05) is 0 Å². The maximum Gasteiger partial charge on any atom is 0.417 e. The van der Waals surface area contributed by atoms with E-state index >= 15 is 0 Å². The number of piperidine rings is 1. The highest BCUT2D eigenvalue weighted by Crippen LogP contribution is 2.48. The molecule has 0 radical (unpaired) electrons. The van der Waals surface area contributed by atoms with Crippen molar-refractivity contribution in [1.82, 2.24) is 14.9 Å². The molecule has 7 nitrogen and oxygen atoms in total. The molecular weight excluding hydrogens is 456 g/mol. The highest BCUT2D eigenvalue weighted by Gasteiger charge is 2.49. The number of carboxylic acid groups (broad SMARTS) is 1. The van der Waals surface area contributed by atoms with Crippen LogP contribution in [0, 0.1) is 11.8 Å². The van der Waals surface area contributed by atoms with Gasteiger partial charge in [0.15, 0.2) is 0 Å². The van der Waals surface area contributed by atoms with Gasteiger partial charge in [-0.05, 0) is 48.9 Å². The number of likely N-dealkylation sites (tertiary alicyclic amines) is 1. The van der Waals surface area contributed by atoms with Crippen LogP contribution in [0.4, 0.5) is 42.8 Å². The fourth-order valence-corrected chi connectivity index (χ4v) is 4.02. The molecule has 2 aromatic heterocycles. The van der Waals surface area contributed by atoms with Crippen LogP contribution in [0.2, 0.25) is 0 Å². The normalized spacial score (nSPS) is 22.6. The number of fused-ring (bicyclic) bond motifs is 1. The van der Waals surface area contributed by atoms with Gasteiger partial charge in [0, 0.05) is 18.9 Å². The standard InChI is InChI=1S/C20H19F6N5O2/c21-19(22,23)12-1-3-15(27-7-12)29-17(14-6-10-5-11(10)9-31(14)18(32)33)30-16-4-2-13(8-28-16)20(24,25)26/h1-4,7-8,10-11,14,17H,5-6,9H2,(H,27,29)(H,28,30)(H,32,33)/t10-,11+,14+/m1/s1. The van der Waals surface area contributed by atoms with Gasteiger partial charge < -0.3 is 20.6 Å². The fraction of sp³-hybridized carbons (Fsp3) is 0.450. The highest BCUT2D eigenvalue weighted by atomic mass is 19.4. The Morgan fingerprint density at radius 1 is 0.909 bits per heavy atom. The molecule has 0 unspecified atom stereocenters. The number of halogens is 6. The molecule has 2 aromatic rings. The molecule has 1 amide bonds. The first-order valence-corrected chi connectivity index (χ1v) is 10.0. The smallest absolute Gasteiger partial charge is 0.417 e. The van der Waals surface area contributed by atoms with Crippen molar-refractivity contribution in [2.24, 2.45) is 11.8 Å². The van der Waals surface area contributed by atoms with E-state index < -0.39 is 41.8 Å². The molecule has 3 N–H and O–H groups in total. The van der Waals surface area contributed by atoms with E-state index in [0.717, 1.165) is 30.7 Å². The van der Waals surface area contributed by atoms with Crippen LogP contribution >= 0.6 is 0 Å². The summed E-state index contributed by atoms with van der Waals surface area (Å²) in [6, 6.07) is 3.21. The molecule has 1 saturated heterocycles. The molecule has 1 aliphatic heterocycles. The molecule has 3 atom stereocenters. The molecule has 2 fully saturated rings. The third-order valence-electron chi connectivity index (χ3n) is 5.86. The Morgan fingerprint density at radius 2 is 1.42 bits per heavy atom. The van der Waals surface area contributed by atoms with E-state index in [-0.39, 0.29) is 17.6 Å². The Labute approximate surface area is 183 Å². The van der Waals surface area contributed by atoms with Gasteiger partial charge in [-0.25, -0.2) is 14.8 Å². The zero-order chi connectivity index (χ0) is 24.0. The first kappa shape index (κ1) is 22.9. The molecule has 4 rings (SSSR count). The van der Waals surface area contributed by atoms with Crippen molar-refractivity contribution in [1.29, 1.82) is 0 Å². The van der Waals surface area contributed by atoms with Gasteiger partial charge in [0.25, 0.3) is 0 Å². The van der Waals surface area contributed by atoms with Crippen LogP contribution in [0.15, 0.2) is 36.7 Å². The van der Waals surface area contributed by atoms with Crippen LogP contribution in [-0.4, -0.2) is 44.8 Å². The lowest BCUT2D eigenvalue weighted by Gasteiger charge is -2.39. The van der Waals surface area contributed by atoms with Gasteiger partial charge >= 0.3 is 18.4 Å². The highest BCUT2D eigenvalue weighted by molar-refractivity contribution is 5.66. The number of carbonyl (C=O) groups is 1. The minimum absolute atomic E-state index is 0.0377. The Kier molecular flexibility index (Phi) is 5.74. The Balaban J connectivity index is 1.59. The zero-order valence-corrected chi connectivity index (χ0v) is 16.9. The number of hydrogen-bond acceptors (Lipinski definition) is 5. The maximum absolute atomic E-state index is 12.8. The Hall–Kier alpha value is -3.25. The number of nitrogens with zero attached hydrogens (tertiary/aromatic N) is 3. The summed E-state index contributed by atoms with van der Waals surface area (Å²) < 4.78 is 77.0. The van der Waals surface area contributed by atoms with Crippen molar-refractivity contribution in [2.75, 3.05) is 17.2 Å². The minimum Gasteiger partial charge on any atom is -0.465 e. The second-order valence-corrected chi connectivity index (χ2v) is 8.12. The minimum atomic E-state index is -4.57. The van der Waals surface area contributed by atoms with Crippen LogP contribution in [0.25, 0.3) is 0 Å². The van der Waals surface area contributed by atoms with E-state index in [9.17, 15) is 36.2 Å². The molecule has 2 aliphatic rings. The van der Waals surface area contributed by atoms with Gasteiger partial charge in [-0.3, -0.25) is 0 Å². The maximum atomic E-state index is 12.8. The van der Waals surface area contributed by atoms with Gasteiger partial charge in [0.2, 0.25) is 0 Å². The van der Waals surface area contributed by atoms with Crippen molar-refractivity contribution < 1.29 is 36.2 Å². The van der Waals surface area contributed by atoms with Crippen LogP contribution in [0.3, 0.4) is 0 Å².